The molecule has 0 radical (unpaired) electrons. The molecule has 0 fully saturated rings. The van der Waals surface area contributed by atoms with Gasteiger partial charge in [-0.1, -0.05) is 32.4 Å². The Morgan fingerprint density at radius 2 is 2.07 bits per heavy atom. The fraction of sp³-hybridized carbons (Fsp3) is 0.857. The van der Waals surface area contributed by atoms with E-state index < -0.39 is 0 Å². The first kappa shape index (κ1) is 12.8. The Hall–Kier alpha value is -0.300. The molecule has 0 saturated heterocycles. The van der Waals surface area contributed by atoms with E-state index in [0.717, 1.165) is 17.8 Å². The lowest BCUT2D eigenvalue weighted by molar-refractivity contribution is 0.355. The molecule has 3 atom stereocenters. The second kappa shape index (κ2) is 5.69. The van der Waals surface area contributed by atoms with Gasteiger partial charge in [0.1, 0.15) is 0 Å². The van der Waals surface area contributed by atoms with Gasteiger partial charge in [-0.3, -0.25) is 0 Å². The van der Waals surface area contributed by atoms with Crippen LogP contribution in [0.2, 0.25) is 0 Å². The van der Waals surface area contributed by atoms with Gasteiger partial charge in [-0.25, -0.2) is 0 Å². The van der Waals surface area contributed by atoms with Crippen molar-refractivity contribution in [2.24, 2.45) is 17.8 Å². The van der Waals surface area contributed by atoms with Crippen molar-refractivity contribution < 1.29 is 0 Å². The third-order valence-corrected chi connectivity index (χ3v) is 3.83. The molecular weight excluding hydrogens is 182 g/mol. The molecular formula is C14H27N. The quantitative estimate of drug-likeness (QED) is 0.682. The number of allylic oxidation sites excluding steroid dienone is 2. The van der Waals surface area contributed by atoms with E-state index in [-0.39, 0.29) is 0 Å². The zero-order valence-corrected chi connectivity index (χ0v) is 11.0. The van der Waals surface area contributed by atoms with Gasteiger partial charge in [0, 0.05) is 6.04 Å². The lowest BCUT2D eigenvalue weighted by Crippen LogP contribution is -2.20. The van der Waals surface area contributed by atoms with Crippen molar-refractivity contribution in [3.05, 3.63) is 11.6 Å². The summed E-state index contributed by atoms with van der Waals surface area (Å²) in [5.74, 6) is 2.49. The van der Waals surface area contributed by atoms with Gasteiger partial charge >= 0.3 is 0 Å². The van der Waals surface area contributed by atoms with Crippen LogP contribution in [0.4, 0.5) is 0 Å². The van der Waals surface area contributed by atoms with Crippen LogP contribution in [0.15, 0.2) is 11.6 Å². The molecule has 0 aromatic carbocycles. The van der Waals surface area contributed by atoms with Crippen LogP contribution in [-0.4, -0.2) is 13.1 Å². The van der Waals surface area contributed by atoms with Crippen LogP contribution in [0.3, 0.4) is 0 Å². The monoisotopic (exact) mass is 209 g/mol. The molecule has 15 heavy (non-hydrogen) atoms. The molecule has 0 heterocycles. The Kier molecular flexibility index (Phi) is 4.85. The van der Waals surface area contributed by atoms with Crippen LogP contribution in [0, 0.1) is 17.8 Å². The molecule has 0 aromatic rings. The predicted octanol–water partition coefficient (Wildman–Crippen LogP) is 3.61. The molecule has 0 spiro atoms. The van der Waals surface area contributed by atoms with Crippen molar-refractivity contribution in [3.8, 4) is 0 Å². The van der Waals surface area contributed by atoms with Crippen LogP contribution in [-0.2, 0) is 0 Å². The van der Waals surface area contributed by atoms with E-state index in [1.54, 1.807) is 5.57 Å². The fourth-order valence-electron chi connectivity index (χ4n) is 2.64. The summed E-state index contributed by atoms with van der Waals surface area (Å²) in [6.07, 6.45) is 6.45. The second-order valence-corrected chi connectivity index (χ2v) is 5.56. The average molecular weight is 209 g/mol. The molecule has 1 N–H and O–H groups in total. The van der Waals surface area contributed by atoms with Crippen molar-refractivity contribution in [1.29, 1.82) is 0 Å². The number of hydrogen-bond donors (Lipinski definition) is 1. The molecule has 88 valence electrons. The first-order valence-electron chi connectivity index (χ1n) is 6.41. The number of hydrogen-bond acceptors (Lipinski definition) is 1. The van der Waals surface area contributed by atoms with Crippen molar-refractivity contribution in [3.63, 3.8) is 0 Å². The minimum Gasteiger partial charge on any atom is -0.317 e. The van der Waals surface area contributed by atoms with Crippen molar-refractivity contribution >= 4 is 0 Å². The molecule has 3 unspecified atom stereocenters. The zero-order valence-electron chi connectivity index (χ0n) is 11.0. The Morgan fingerprint density at radius 3 is 2.53 bits per heavy atom. The molecule has 0 aliphatic heterocycles. The molecule has 0 amide bonds. The summed E-state index contributed by atoms with van der Waals surface area (Å²) >= 11 is 0. The van der Waals surface area contributed by atoms with E-state index in [1.807, 2.05) is 7.05 Å². The Bertz CT molecular complexity index is 217. The van der Waals surface area contributed by atoms with Crippen molar-refractivity contribution in [2.75, 3.05) is 7.05 Å². The van der Waals surface area contributed by atoms with Crippen LogP contribution >= 0.6 is 0 Å². The van der Waals surface area contributed by atoms with E-state index in [2.05, 4.69) is 39.1 Å². The van der Waals surface area contributed by atoms with Gasteiger partial charge in [0.25, 0.3) is 0 Å². The largest absolute Gasteiger partial charge is 0.317 e. The van der Waals surface area contributed by atoms with Crippen LogP contribution < -0.4 is 5.32 Å². The smallest absolute Gasteiger partial charge is 0.00387 e. The summed E-state index contributed by atoms with van der Waals surface area (Å²) < 4.78 is 0. The Morgan fingerprint density at radius 1 is 1.40 bits per heavy atom. The summed E-state index contributed by atoms with van der Waals surface area (Å²) in [6, 6.07) is 0.652. The van der Waals surface area contributed by atoms with Gasteiger partial charge in [-0.2, -0.15) is 0 Å². The second-order valence-electron chi connectivity index (χ2n) is 5.56. The molecule has 1 nitrogen and oxygen atoms in total. The maximum Gasteiger partial charge on any atom is 0.00387 e. The van der Waals surface area contributed by atoms with Gasteiger partial charge in [-0.05, 0) is 51.0 Å². The van der Waals surface area contributed by atoms with Gasteiger partial charge in [0.2, 0.25) is 0 Å². The molecule has 0 aromatic heterocycles. The normalized spacial score (nSPS) is 28.3. The highest BCUT2D eigenvalue weighted by molar-refractivity contribution is 5.14. The topological polar surface area (TPSA) is 12.0 Å². The third kappa shape index (κ3) is 3.64. The van der Waals surface area contributed by atoms with Crippen LogP contribution in [0.1, 0.15) is 47.0 Å². The fourth-order valence-corrected chi connectivity index (χ4v) is 2.64. The van der Waals surface area contributed by atoms with Gasteiger partial charge < -0.3 is 5.32 Å². The summed E-state index contributed by atoms with van der Waals surface area (Å²) in [4.78, 5) is 0. The molecule has 0 saturated carbocycles. The molecule has 1 aliphatic carbocycles. The summed E-state index contributed by atoms with van der Waals surface area (Å²) in [5, 5.41) is 3.31. The van der Waals surface area contributed by atoms with Gasteiger partial charge in [-0.15, -0.1) is 0 Å². The number of nitrogens with one attached hydrogen (secondary N) is 1. The summed E-state index contributed by atoms with van der Waals surface area (Å²) in [7, 11) is 2.05. The lowest BCUT2D eigenvalue weighted by Gasteiger charge is -2.17. The van der Waals surface area contributed by atoms with Crippen molar-refractivity contribution in [1.82, 2.24) is 5.32 Å². The average Bonchev–Trinajstić information content (AvgIpc) is 2.56. The van der Waals surface area contributed by atoms with E-state index in [0.29, 0.717) is 6.04 Å². The standard InChI is InChI=1S/C14H27N/c1-10(2)14-9-13(8-11(14)3)7-6-12(4)15-5/h9-12,14-15H,6-8H2,1-5H3. The molecule has 1 heteroatoms. The minimum atomic E-state index is 0.652. The lowest BCUT2D eigenvalue weighted by atomic mass is 9.87. The highest BCUT2D eigenvalue weighted by atomic mass is 14.8. The minimum absolute atomic E-state index is 0.652. The predicted molar refractivity (Wildman–Crippen MR) is 67.9 cm³/mol. The maximum absolute atomic E-state index is 3.31. The first-order valence-corrected chi connectivity index (χ1v) is 6.41. The van der Waals surface area contributed by atoms with Gasteiger partial charge in [0.15, 0.2) is 0 Å². The van der Waals surface area contributed by atoms with Crippen LogP contribution in [0.25, 0.3) is 0 Å². The maximum atomic E-state index is 3.31. The highest BCUT2D eigenvalue weighted by Gasteiger charge is 2.25. The van der Waals surface area contributed by atoms with E-state index in [9.17, 15) is 0 Å². The third-order valence-electron chi connectivity index (χ3n) is 3.83. The van der Waals surface area contributed by atoms with Crippen LogP contribution in [0.5, 0.6) is 0 Å². The summed E-state index contributed by atoms with van der Waals surface area (Å²) in [5.41, 5.74) is 1.70. The summed E-state index contributed by atoms with van der Waals surface area (Å²) in [6.45, 7) is 9.35. The van der Waals surface area contributed by atoms with E-state index >= 15 is 0 Å². The molecule has 0 bridgehead atoms. The Labute approximate surface area is 95.3 Å². The first-order chi connectivity index (χ1) is 7.04. The molecule has 1 rings (SSSR count). The Balaban J connectivity index is 2.41. The SMILES string of the molecule is CNC(C)CCC1=CC(C(C)C)C(C)C1. The zero-order chi connectivity index (χ0) is 11.4. The van der Waals surface area contributed by atoms with E-state index in [1.165, 1.54) is 19.3 Å². The van der Waals surface area contributed by atoms with Crippen molar-refractivity contribution in [2.45, 2.75) is 53.0 Å². The molecule has 1 aliphatic rings. The number of rotatable bonds is 5. The highest BCUT2D eigenvalue weighted by Crippen LogP contribution is 2.36. The van der Waals surface area contributed by atoms with E-state index in [4.69, 9.17) is 0 Å². The van der Waals surface area contributed by atoms with Gasteiger partial charge in [0.05, 0.1) is 0 Å².